The van der Waals surface area contributed by atoms with Crippen LogP contribution in [0.25, 0.3) is 0 Å². The zero-order valence-corrected chi connectivity index (χ0v) is 7.08. The Morgan fingerprint density at radius 3 is 2.79 bits per heavy atom. The molecule has 0 saturated carbocycles. The van der Waals surface area contributed by atoms with Crippen LogP contribution < -0.4 is 4.74 Å². The first-order valence-electron chi connectivity index (χ1n) is 3.79. The first-order valence-corrected chi connectivity index (χ1v) is 3.79. The molecule has 1 N–H and O–H groups in total. The highest BCUT2D eigenvalue weighted by atomic mass is 19.3. The lowest BCUT2D eigenvalue weighted by atomic mass is 10.3. The van der Waals surface area contributed by atoms with Gasteiger partial charge < -0.3 is 9.84 Å². The van der Waals surface area contributed by atoms with E-state index >= 15 is 0 Å². The molecule has 78 valence electrons. The fourth-order valence-electron chi connectivity index (χ4n) is 0.854. The summed E-state index contributed by atoms with van der Waals surface area (Å²) < 4.78 is 40.6. The molecule has 0 fully saturated rings. The number of hydrogen-bond acceptors (Lipinski definition) is 3. The number of halogens is 3. The van der Waals surface area contributed by atoms with Crippen molar-refractivity contribution in [2.24, 2.45) is 0 Å². The molecule has 0 amide bonds. The third-order valence-electron chi connectivity index (χ3n) is 1.41. The van der Waals surface area contributed by atoms with E-state index in [0.717, 1.165) is 12.3 Å². The van der Waals surface area contributed by atoms with Gasteiger partial charge in [0.1, 0.15) is 5.82 Å². The molecule has 1 heterocycles. The molecule has 3 nitrogen and oxygen atoms in total. The number of rotatable bonds is 4. The Labute approximate surface area is 78.2 Å². The Hall–Kier alpha value is -1.30. The predicted octanol–water partition coefficient (Wildman–Crippen LogP) is 1.36. The van der Waals surface area contributed by atoms with Crippen LogP contribution in [0, 0.1) is 5.82 Å². The maximum absolute atomic E-state index is 12.6. The molecule has 0 aromatic carbocycles. The average Bonchev–Trinajstić information content (AvgIpc) is 2.15. The van der Waals surface area contributed by atoms with Gasteiger partial charge in [0.15, 0.2) is 6.61 Å². The summed E-state index contributed by atoms with van der Waals surface area (Å²) in [4.78, 5) is 3.43. The van der Waals surface area contributed by atoms with Crippen LogP contribution in [0.15, 0.2) is 12.3 Å². The van der Waals surface area contributed by atoms with Crippen molar-refractivity contribution in [3.05, 3.63) is 23.6 Å². The number of aromatic nitrogens is 1. The van der Waals surface area contributed by atoms with Gasteiger partial charge in [-0.15, -0.1) is 0 Å². The number of hydrogen-bond donors (Lipinski definition) is 1. The number of aliphatic hydroxyl groups excluding tert-OH is 1. The van der Waals surface area contributed by atoms with E-state index in [9.17, 15) is 13.2 Å². The molecule has 0 aliphatic rings. The zero-order chi connectivity index (χ0) is 10.6. The minimum atomic E-state index is -2.63. The van der Waals surface area contributed by atoms with Crippen LogP contribution in [0.5, 0.6) is 5.88 Å². The van der Waals surface area contributed by atoms with Gasteiger partial charge in [0.05, 0.1) is 12.8 Å². The molecule has 0 aliphatic carbocycles. The van der Waals surface area contributed by atoms with Crippen molar-refractivity contribution in [3.8, 4) is 5.88 Å². The molecule has 1 aromatic heterocycles. The molecule has 0 saturated heterocycles. The minimum absolute atomic E-state index is 0.0469. The topological polar surface area (TPSA) is 42.4 Å². The second kappa shape index (κ2) is 4.80. The average molecular weight is 207 g/mol. The van der Waals surface area contributed by atoms with Crippen LogP contribution >= 0.6 is 0 Å². The summed E-state index contributed by atoms with van der Waals surface area (Å²) in [5.41, 5.74) is 0.0469. The molecule has 0 atom stereocenters. The number of nitrogens with zero attached hydrogens (tertiary/aromatic N) is 1. The van der Waals surface area contributed by atoms with Gasteiger partial charge in [0.2, 0.25) is 5.88 Å². The van der Waals surface area contributed by atoms with Gasteiger partial charge in [-0.25, -0.2) is 18.2 Å². The number of ether oxygens (including phenoxy) is 1. The summed E-state index contributed by atoms with van der Waals surface area (Å²) in [6.45, 7) is -1.34. The lowest BCUT2D eigenvalue weighted by Gasteiger charge is -2.07. The quantitative estimate of drug-likeness (QED) is 0.810. The molecule has 0 aliphatic heterocycles. The third kappa shape index (κ3) is 2.88. The first kappa shape index (κ1) is 10.8. The van der Waals surface area contributed by atoms with Crippen LogP contribution in [-0.4, -0.2) is 23.1 Å². The van der Waals surface area contributed by atoms with E-state index in [1.54, 1.807) is 0 Å². The highest BCUT2D eigenvalue weighted by molar-refractivity contribution is 5.25. The Morgan fingerprint density at radius 2 is 2.21 bits per heavy atom. The molecule has 0 radical (unpaired) electrons. The van der Waals surface area contributed by atoms with Crippen molar-refractivity contribution in [3.63, 3.8) is 0 Å². The monoisotopic (exact) mass is 207 g/mol. The van der Waals surface area contributed by atoms with E-state index in [1.807, 2.05) is 0 Å². The number of alkyl halides is 2. The van der Waals surface area contributed by atoms with Crippen molar-refractivity contribution >= 4 is 0 Å². The van der Waals surface area contributed by atoms with E-state index in [2.05, 4.69) is 9.72 Å². The highest BCUT2D eigenvalue weighted by Crippen LogP contribution is 2.16. The van der Waals surface area contributed by atoms with Crippen molar-refractivity contribution in [1.82, 2.24) is 4.98 Å². The maximum atomic E-state index is 12.6. The van der Waals surface area contributed by atoms with Crippen LogP contribution in [0.4, 0.5) is 13.2 Å². The van der Waals surface area contributed by atoms with E-state index in [4.69, 9.17) is 5.11 Å². The summed E-state index contributed by atoms with van der Waals surface area (Å²) in [7, 11) is 0. The summed E-state index contributed by atoms with van der Waals surface area (Å²) >= 11 is 0. The van der Waals surface area contributed by atoms with Crippen molar-refractivity contribution in [2.75, 3.05) is 6.61 Å². The Kier molecular flexibility index (Phi) is 3.70. The fraction of sp³-hybridized carbons (Fsp3) is 0.375. The fourth-order valence-corrected chi connectivity index (χ4v) is 0.854. The van der Waals surface area contributed by atoms with E-state index in [0.29, 0.717) is 0 Å². The third-order valence-corrected chi connectivity index (χ3v) is 1.41. The lowest BCUT2D eigenvalue weighted by Crippen LogP contribution is -2.09. The maximum Gasteiger partial charge on any atom is 0.272 e. The van der Waals surface area contributed by atoms with Crippen molar-refractivity contribution in [2.45, 2.75) is 13.0 Å². The molecular formula is C8H8F3NO2. The minimum Gasteiger partial charge on any atom is -0.471 e. The molecule has 6 heteroatoms. The molecule has 0 bridgehead atoms. The molecule has 1 rings (SSSR count). The summed E-state index contributed by atoms with van der Waals surface area (Å²) in [6, 6.07) is 0.980. The zero-order valence-electron chi connectivity index (χ0n) is 7.08. The van der Waals surface area contributed by atoms with Crippen LogP contribution in [0.3, 0.4) is 0 Å². The summed E-state index contributed by atoms with van der Waals surface area (Å²) in [5, 5.41) is 8.73. The SMILES string of the molecule is OCc1cc(F)cnc1OCC(F)F. The normalized spacial score (nSPS) is 10.6. The van der Waals surface area contributed by atoms with Crippen molar-refractivity contribution in [1.29, 1.82) is 0 Å². The summed E-state index contributed by atoms with van der Waals surface area (Å²) in [5.74, 6) is -0.826. The predicted molar refractivity (Wildman–Crippen MR) is 41.6 cm³/mol. The van der Waals surface area contributed by atoms with Crippen molar-refractivity contribution < 1.29 is 23.0 Å². The first-order chi connectivity index (χ1) is 6.63. The van der Waals surface area contributed by atoms with E-state index in [-0.39, 0.29) is 11.4 Å². The Balaban J connectivity index is 2.75. The van der Waals surface area contributed by atoms with Crippen LogP contribution in [0.2, 0.25) is 0 Å². The molecular weight excluding hydrogens is 199 g/mol. The largest absolute Gasteiger partial charge is 0.471 e. The van der Waals surface area contributed by atoms with E-state index in [1.165, 1.54) is 0 Å². The molecule has 0 spiro atoms. The second-order valence-electron chi connectivity index (χ2n) is 2.48. The van der Waals surface area contributed by atoms with Gasteiger partial charge in [-0.05, 0) is 6.07 Å². The van der Waals surface area contributed by atoms with Gasteiger partial charge in [-0.2, -0.15) is 0 Å². The van der Waals surface area contributed by atoms with Gasteiger partial charge in [-0.3, -0.25) is 0 Å². The van der Waals surface area contributed by atoms with Gasteiger partial charge in [0, 0.05) is 5.56 Å². The van der Waals surface area contributed by atoms with Gasteiger partial charge in [-0.1, -0.05) is 0 Å². The Bertz CT molecular complexity index is 307. The molecule has 14 heavy (non-hydrogen) atoms. The lowest BCUT2D eigenvalue weighted by molar-refractivity contribution is 0.0780. The standard InChI is InChI=1S/C8H8F3NO2/c9-6-1-5(3-13)8(12-2-6)14-4-7(10)11/h1-2,7,13H,3-4H2. The van der Waals surface area contributed by atoms with Crippen LogP contribution in [-0.2, 0) is 6.61 Å². The molecule has 0 unspecified atom stereocenters. The van der Waals surface area contributed by atoms with Crippen LogP contribution in [0.1, 0.15) is 5.56 Å². The Morgan fingerprint density at radius 1 is 1.50 bits per heavy atom. The highest BCUT2D eigenvalue weighted by Gasteiger charge is 2.09. The van der Waals surface area contributed by atoms with Gasteiger partial charge >= 0.3 is 0 Å². The second-order valence-corrected chi connectivity index (χ2v) is 2.48. The van der Waals surface area contributed by atoms with Gasteiger partial charge in [0.25, 0.3) is 6.43 Å². The number of aliphatic hydroxyl groups is 1. The number of pyridine rings is 1. The summed E-state index contributed by atoms with van der Waals surface area (Å²) in [6.07, 6.45) is -1.80. The van der Waals surface area contributed by atoms with E-state index < -0.39 is 25.5 Å². The molecule has 1 aromatic rings. The smallest absolute Gasteiger partial charge is 0.272 e.